The van der Waals surface area contributed by atoms with E-state index in [1.54, 1.807) is 0 Å². The molecule has 0 radical (unpaired) electrons. The van der Waals surface area contributed by atoms with Crippen LogP contribution < -0.4 is 10.2 Å². The molecule has 0 bridgehead atoms. The fourth-order valence-corrected chi connectivity index (χ4v) is 2.32. The highest BCUT2D eigenvalue weighted by Crippen LogP contribution is 2.24. The van der Waals surface area contributed by atoms with E-state index in [0.29, 0.717) is 5.95 Å². The van der Waals surface area contributed by atoms with Crippen LogP contribution in [0, 0.1) is 6.92 Å². The van der Waals surface area contributed by atoms with Crippen molar-refractivity contribution in [2.24, 2.45) is 0 Å². The number of hydrogen-bond donors (Lipinski definition) is 2. The number of hydrogen-bond acceptors (Lipinski definition) is 5. The third-order valence-electron chi connectivity index (χ3n) is 3.45. The predicted molar refractivity (Wildman–Crippen MR) is 73.0 cm³/mol. The van der Waals surface area contributed by atoms with Gasteiger partial charge in [0.15, 0.2) is 0 Å². The minimum atomic E-state index is -0.539. The number of nitrogens with one attached hydrogen (secondary N) is 1. The second kappa shape index (κ2) is 5.10. The van der Waals surface area contributed by atoms with Crippen molar-refractivity contribution >= 4 is 11.8 Å². The van der Waals surface area contributed by atoms with Gasteiger partial charge in [0.05, 0.1) is 5.60 Å². The van der Waals surface area contributed by atoms with Gasteiger partial charge in [0, 0.05) is 31.9 Å². The minimum Gasteiger partial charge on any atom is -0.390 e. The van der Waals surface area contributed by atoms with Gasteiger partial charge in [0.1, 0.15) is 5.82 Å². The van der Waals surface area contributed by atoms with Gasteiger partial charge in [0.25, 0.3) is 0 Å². The first-order chi connectivity index (χ1) is 8.50. The molecule has 1 saturated heterocycles. The van der Waals surface area contributed by atoms with Crippen LogP contribution in [0.5, 0.6) is 0 Å². The molecule has 5 heteroatoms. The topological polar surface area (TPSA) is 61.3 Å². The van der Waals surface area contributed by atoms with Crippen molar-refractivity contribution in [1.82, 2.24) is 9.97 Å². The molecule has 1 atom stereocenters. The van der Waals surface area contributed by atoms with E-state index in [-0.39, 0.29) is 0 Å². The predicted octanol–water partition coefficient (Wildman–Crippen LogP) is 1.57. The van der Waals surface area contributed by atoms with Gasteiger partial charge in [0.2, 0.25) is 5.95 Å². The molecule has 0 aliphatic carbocycles. The molecule has 100 valence electrons. The first kappa shape index (κ1) is 13.1. The molecule has 0 saturated carbocycles. The summed E-state index contributed by atoms with van der Waals surface area (Å²) in [6.45, 7) is 5.67. The first-order valence-corrected chi connectivity index (χ1v) is 6.51. The molecular weight excluding hydrogens is 228 g/mol. The Labute approximate surface area is 108 Å². The van der Waals surface area contributed by atoms with Crippen LogP contribution in [-0.2, 0) is 0 Å². The number of anilines is 2. The Morgan fingerprint density at radius 1 is 1.33 bits per heavy atom. The van der Waals surface area contributed by atoms with Crippen LogP contribution in [0.25, 0.3) is 0 Å². The molecule has 5 nitrogen and oxygen atoms in total. The van der Waals surface area contributed by atoms with E-state index in [2.05, 4.69) is 20.2 Å². The lowest BCUT2D eigenvalue weighted by molar-refractivity contribution is 0.0481. The molecule has 2 rings (SSSR count). The average molecular weight is 250 g/mol. The highest BCUT2D eigenvalue weighted by molar-refractivity contribution is 5.44. The maximum Gasteiger partial charge on any atom is 0.224 e. The van der Waals surface area contributed by atoms with Gasteiger partial charge in [-0.25, -0.2) is 4.98 Å². The molecule has 2 N–H and O–H groups in total. The molecule has 1 fully saturated rings. The van der Waals surface area contributed by atoms with Crippen LogP contribution in [0.3, 0.4) is 0 Å². The minimum absolute atomic E-state index is 0.539. The van der Waals surface area contributed by atoms with Gasteiger partial charge in [-0.2, -0.15) is 4.98 Å². The van der Waals surface area contributed by atoms with E-state index >= 15 is 0 Å². The van der Waals surface area contributed by atoms with E-state index in [9.17, 15) is 5.11 Å². The number of aryl methyl sites for hydroxylation is 1. The zero-order chi connectivity index (χ0) is 13.2. The van der Waals surface area contributed by atoms with Crippen molar-refractivity contribution in [3.05, 3.63) is 11.8 Å². The lowest BCUT2D eigenvalue weighted by atomic mass is 9.98. The summed E-state index contributed by atoms with van der Waals surface area (Å²) in [5, 5.41) is 13.1. The first-order valence-electron chi connectivity index (χ1n) is 6.51. The van der Waals surface area contributed by atoms with E-state index < -0.39 is 5.60 Å². The molecule has 1 unspecified atom stereocenters. The number of rotatable bonds is 2. The molecule has 1 aliphatic rings. The molecule has 1 aliphatic heterocycles. The summed E-state index contributed by atoms with van der Waals surface area (Å²) < 4.78 is 0. The fraction of sp³-hybridized carbons (Fsp3) is 0.692. The van der Waals surface area contributed by atoms with E-state index in [1.807, 2.05) is 27.0 Å². The van der Waals surface area contributed by atoms with Gasteiger partial charge >= 0.3 is 0 Å². The summed E-state index contributed by atoms with van der Waals surface area (Å²) in [5.41, 5.74) is 0.420. The van der Waals surface area contributed by atoms with Crippen molar-refractivity contribution in [2.75, 3.05) is 30.4 Å². The molecule has 1 aromatic heterocycles. The zero-order valence-electron chi connectivity index (χ0n) is 11.4. The van der Waals surface area contributed by atoms with Gasteiger partial charge in [-0.3, -0.25) is 0 Å². The Hall–Kier alpha value is -1.36. The Bertz CT molecular complexity index is 419. The van der Waals surface area contributed by atoms with E-state index in [4.69, 9.17) is 0 Å². The Morgan fingerprint density at radius 2 is 2.11 bits per heavy atom. The third kappa shape index (κ3) is 3.10. The van der Waals surface area contributed by atoms with Gasteiger partial charge in [-0.05, 0) is 33.1 Å². The van der Waals surface area contributed by atoms with Gasteiger partial charge in [-0.1, -0.05) is 0 Å². The van der Waals surface area contributed by atoms with Crippen molar-refractivity contribution in [2.45, 2.75) is 38.7 Å². The van der Waals surface area contributed by atoms with Gasteiger partial charge < -0.3 is 15.3 Å². The van der Waals surface area contributed by atoms with E-state index in [1.165, 1.54) is 0 Å². The summed E-state index contributed by atoms with van der Waals surface area (Å²) in [6.07, 6.45) is 2.63. The SMILES string of the molecule is CNc1nc(C)cc(N2CCCC(C)(O)CC2)n1. The molecular formula is C13H22N4O. The molecule has 1 aromatic rings. The summed E-state index contributed by atoms with van der Waals surface area (Å²) >= 11 is 0. The largest absolute Gasteiger partial charge is 0.390 e. The number of aromatic nitrogens is 2. The fourth-order valence-electron chi connectivity index (χ4n) is 2.32. The quantitative estimate of drug-likeness (QED) is 0.834. The van der Waals surface area contributed by atoms with Crippen LogP contribution in [0.1, 0.15) is 31.9 Å². The standard InChI is InChI=1S/C13H22N4O/c1-10-9-11(16-12(14-3)15-10)17-7-4-5-13(2,18)6-8-17/h9,18H,4-8H2,1-3H3,(H,14,15,16). The number of aliphatic hydroxyl groups is 1. The smallest absolute Gasteiger partial charge is 0.224 e. The van der Waals surface area contributed by atoms with Gasteiger partial charge in [-0.15, -0.1) is 0 Å². The monoisotopic (exact) mass is 250 g/mol. The average Bonchev–Trinajstić information content (AvgIpc) is 2.49. The number of nitrogens with zero attached hydrogens (tertiary/aromatic N) is 3. The van der Waals surface area contributed by atoms with Crippen LogP contribution in [-0.4, -0.2) is 40.8 Å². The lowest BCUT2D eigenvalue weighted by Gasteiger charge is -2.23. The summed E-state index contributed by atoms with van der Waals surface area (Å²) in [4.78, 5) is 11.0. The molecule has 0 spiro atoms. The van der Waals surface area contributed by atoms with Crippen LogP contribution in [0.15, 0.2) is 6.07 Å². The normalized spacial score (nSPS) is 24.8. The highest BCUT2D eigenvalue weighted by atomic mass is 16.3. The van der Waals surface area contributed by atoms with Crippen molar-refractivity contribution < 1.29 is 5.11 Å². The third-order valence-corrected chi connectivity index (χ3v) is 3.45. The lowest BCUT2D eigenvalue weighted by Crippen LogP contribution is -2.29. The van der Waals surface area contributed by atoms with E-state index in [0.717, 1.165) is 43.9 Å². The Morgan fingerprint density at radius 3 is 2.83 bits per heavy atom. The summed E-state index contributed by atoms with van der Waals surface area (Å²) in [5.74, 6) is 1.60. The highest BCUT2D eigenvalue weighted by Gasteiger charge is 2.25. The molecule has 0 aromatic carbocycles. The van der Waals surface area contributed by atoms with Crippen LogP contribution >= 0.6 is 0 Å². The van der Waals surface area contributed by atoms with Crippen molar-refractivity contribution in [3.63, 3.8) is 0 Å². The molecule has 18 heavy (non-hydrogen) atoms. The second-order valence-electron chi connectivity index (χ2n) is 5.28. The molecule has 2 heterocycles. The zero-order valence-corrected chi connectivity index (χ0v) is 11.4. The second-order valence-corrected chi connectivity index (χ2v) is 5.28. The molecule has 0 amide bonds. The summed E-state index contributed by atoms with van der Waals surface area (Å²) in [7, 11) is 1.83. The summed E-state index contributed by atoms with van der Waals surface area (Å²) in [6, 6.07) is 2.00. The van der Waals surface area contributed by atoms with Crippen molar-refractivity contribution in [3.8, 4) is 0 Å². The van der Waals surface area contributed by atoms with Crippen LogP contribution in [0.4, 0.5) is 11.8 Å². The Balaban J connectivity index is 2.18. The maximum atomic E-state index is 10.1. The maximum absolute atomic E-state index is 10.1. The van der Waals surface area contributed by atoms with Crippen LogP contribution in [0.2, 0.25) is 0 Å². The van der Waals surface area contributed by atoms with Crippen molar-refractivity contribution in [1.29, 1.82) is 0 Å². The Kier molecular flexibility index (Phi) is 3.71.